The van der Waals surface area contributed by atoms with Gasteiger partial charge in [-0.15, -0.1) is 0 Å². The molecule has 3 heteroatoms. The molecule has 3 nitrogen and oxygen atoms in total. The molecule has 0 saturated heterocycles. The monoisotopic (exact) mass is 200 g/mol. The summed E-state index contributed by atoms with van der Waals surface area (Å²) >= 11 is 0. The third-order valence-electron chi connectivity index (χ3n) is 2.03. The number of carbonyl (C=O) groups is 1. The van der Waals surface area contributed by atoms with E-state index in [1.165, 1.54) is 0 Å². The van der Waals surface area contributed by atoms with Crippen molar-refractivity contribution in [1.29, 1.82) is 0 Å². The van der Waals surface area contributed by atoms with E-state index in [0.717, 1.165) is 38.5 Å². The number of hydrogen-bond donors (Lipinski definition) is 2. The van der Waals surface area contributed by atoms with Gasteiger partial charge in [-0.2, -0.15) is 0 Å². The van der Waals surface area contributed by atoms with Gasteiger partial charge in [0.15, 0.2) is 0 Å². The predicted octanol–water partition coefficient (Wildman–Crippen LogP) is 2.35. The molecule has 0 spiro atoms. The third kappa shape index (κ3) is 11.2. The fourth-order valence-corrected chi connectivity index (χ4v) is 1.26. The van der Waals surface area contributed by atoms with Crippen molar-refractivity contribution in [1.82, 2.24) is 0 Å². The Hall–Kier alpha value is -0.830. The molecule has 0 fully saturated rings. The van der Waals surface area contributed by atoms with E-state index in [1.54, 1.807) is 6.08 Å². The van der Waals surface area contributed by atoms with Gasteiger partial charge in [-0.05, 0) is 19.3 Å². The Balaban J connectivity index is 2.99. The maximum atomic E-state index is 10.2. The van der Waals surface area contributed by atoms with Crippen LogP contribution in [0, 0.1) is 0 Å². The van der Waals surface area contributed by atoms with Gasteiger partial charge in [-0.3, -0.25) is 4.79 Å². The quantitative estimate of drug-likeness (QED) is 0.443. The van der Waals surface area contributed by atoms with Gasteiger partial charge in [0.1, 0.15) is 0 Å². The van der Waals surface area contributed by atoms with Crippen LogP contribution < -0.4 is 0 Å². The molecule has 2 N–H and O–H groups in total. The summed E-state index contributed by atoms with van der Waals surface area (Å²) in [5.74, 6) is -0.698. The van der Waals surface area contributed by atoms with Crippen LogP contribution in [0.5, 0.6) is 0 Å². The summed E-state index contributed by atoms with van der Waals surface area (Å²) in [5, 5.41) is 16.8. The molecule has 0 aliphatic heterocycles. The van der Waals surface area contributed by atoms with Crippen molar-refractivity contribution in [2.75, 3.05) is 6.61 Å². The molecule has 0 saturated carbocycles. The molecule has 0 bridgehead atoms. The zero-order valence-corrected chi connectivity index (χ0v) is 8.61. The van der Waals surface area contributed by atoms with Crippen LogP contribution in [0.4, 0.5) is 0 Å². The van der Waals surface area contributed by atoms with E-state index >= 15 is 0 Å². The Morgan fingerprint density at radius 2 is 1.64 bits per heavy atom. The van der Waals surface area contributed by atoms with Gasteiger partial charge < -0.3 is 10.2 Å². The smallest absolute Gasteiger partial charge is 0.303 e. The van der Waals surface area contributed by atoms with Crippen LogP contribution in [0.2, 0.25) is 0 Å². The van der Waals surface area contributed by atoms with E-state index < -0.39 is 5.97 Å². The SMILES string of the molecule is O=C(O)CCCCCCC/C=C/CO. The van der Waals surface area contributed by atoms with E-state index in [0.29, 0.717) is 6.42 Å². The Bertz CT molecular complexity index is 164. The molecule has 0 aliphatic carbocycles. The average molecular weight is 200 g/mol. The van der Waals surface area contributed by atoms with Crippen molar-refractivity contribution in [3.63, 3.8) is 0 Å². The van der Waals surface area contributed by atoms with Gasteiger partial charge in [0.05, 0.1) is 6.61 Å². The van der Waals surface area contributed by atoms with Gasteiger partial charge in [0.2, 0.25) is 0 Å². The summed E-state index contributed by atoms with van der Waals surface area (Å²) in [6, 6.07) is 0. The number of unbranched alkanes of at least 4 members (excludes halogenated alkanes) is 5. The second-order valence-electron chi connectivity index (χ2n) is 3.35. The fraction of sp³-hybridized carbons (Fsp3) is 0.727. The highest BCUT2D eigenvalue weighted by Gasteiger charge is 1.95. The minimum Gasteiger partial charge on any atom is -0.481 e. The van der Waals surface area contributed by atoms with E-state index in [2.05, 4.69) is 0 Å². The molecule has 0 aliphatic rings. The van der Waals surface area contributed by atoms with E-state index in [4.69, 9.17) is 10.2 Å². The lowest BCUT2D eigenvalue weighted by Gasteiger charge is -1.97. The van der Waals surface area contributed by atoms with Gasteiger partial charge in [-0.1, -0.05) is 31.4 Å². The van der Waals surface area contributed by atoms with Crippen LogP contribution in [0.25, 0.3) is 0 Å². The Morgan fingerprint density at radius 1 is 1.00 bits per heavy atom. The van der Waals surface area contributed by atoms with Crippen LogP contribution in [0.3, 0.4) is 0 Å². The van der Waals surface area contributed by atoms with Crippen molar-refractivity contribution in [3.8, 4) is 0 Å². The van der Waals surface area contributed by atoms with Crippen molar-refractivity contribution in [2.45, 2.75) is 44.9 Å². The Morgan fingerprint density at radius 3 is 2.29 bits per heavy atom. The summed E-state index contributed by atoms with van der Waals surface area (Å²) in [4.78, 5) is 10.2. The molecule has 0 aromatic heterocycles. The second-order valence-corrected chi connectivity index (χ2v) is 3.35. The third-order valence-corrected chi connectivity index (χ3v) is 2.03. The van der Waals surface area contributed by atoms with Crippen LogP contribution in [-0.4, -0.2) is 22.8 Å². The maximum Gasteiger partial charge on any atom is 0.303 e. The first-order valence-corrected chi connectivity index (χ1v) is 5.25. The first kappa shape index (κ1) is 13.2. The molecule has 0 rings (SSSR count). The largest absolute Gasteiger partial charge is 0.481 e. The highest BCUT2D eigenvalue weighted by atomic mass is 16.4. The van der Waals surface area contributed by atoms with Crippen LogP contribution in [0.1, 0.15) is 44.9 Å². The molecule has 0 atom stereocenters. The molecular formula is C11H20O3. The number of rotatable bonds is 9. The van der Waals surface area contributed by atoms with Gasteiger partial charge in [-0.25, -0.2) is 0 Å². The summed E-state index contributed by atoms with van der Waals surface area (Å²) in [6.45, 7) is 0.124. The number of aliphatic hydroxyl groups is 1. The molecular weight excluding hydrogens is 180 g/mol. The number of aliphatic carboxylic acids is 1. The van der Waals surface area contributed by atoms with Crippen LogP contribution in [0.15, 0.2) is 12.2 Å². The van der Waals surface area contributed by atoms with E-state index in [-0.39, 0.29) is 6.61 Å². The van der Waals surface area contributed by atoms with Crippen LogP contribution in [-0.2, 0) is 4.79 Å². The molecule has 0 heterocycles. The van der Waals surface area contributed by atoms with E-state index in [1.807, 2.05) is 6.08 Å². The van der Waals surface area contributed by atoms with Gasteiger partial charge in [0.25, 0.3) is 0 Å². The number of allylic oxidation sites excluding steroid dienone is 1. The van der Waals surface area contributed by atoms with Crippen molar-refractivity contribution in [3.05, 3.63) is 12.2 Å². The molecule has 82 valence electrons. The lowest BCUT2D eigenvalue weighted by Crippen LogP contribution is -1.93. The fourth-order valence-electron chi connectivity index (χ4n) is 1.26. The average Bonchev–Trinajstić information content (AvgIpc) is 2.15. The van der Waals surface area contributed by atoms with Gasteiger partial charge >= 0.3 is 5.97 Å². The topological polar surface area (TPSA) is 57.5 Å². The number of hydrogen-bond acceptors (Lipinski definition) is 2. The van der Waals surface area contributed by atoms with Crippen molar-refractivity contribution < 1.29 is 15.0 Å². The normalized spacial score (nSPS) is 10.9. The standard InChI is InChI=1S/C11H20O3/c12-10-8-6-4-2-1-3-5-7-9-11(13)14/h6,8,12H,1-5,7,9-10H2,(H,13,14)/b8-6+. The molecule has 0 aromatic carbocycles. The van der Waals surface area contributed by atoms with Crippen LogP contribution >= 0.6 is 0 Å². The number of carboxylic acid groups (broad SMARTS) is 1. The first-order valence-electron chi connectivity index (χ1n) is 5.25. The molecule has 0 amide bonds. The lowest BCUT2D eigenvalue weighted by molar-refractivity contribution is -0.137. The summed E-state index contributed by atoms with van der Waals surface area (Å²) < 4.78 is 0. The highest BCUT2D eigenvalue weighted by Crippen LogP contribution is 2.07. The molecule has 0 radical (unpaired) electrons. The molecule has 14 heavy (non-hydrogen) atoms. The van der Waals surface area contributed by atoms with Crippen molar-refractivity contribution >= 4 is 5.97 Å². The molecule has 0 unspecified atom stereocenters. The Kier molecular flexibility index (Phi) is 9.64. The Labute approximate surface area is 85.4 Å². The summed E-state index contributed by atoms with van der Waals surface area (Å²) in [7, 11) is 0. The number of aliphatic hydroxyl groups excluding tert-OH is 1. The molecule has 0 aromatic rings. The maximum absolute atomic E-state index is 10.2. The zero-order chi connectivity index (χ0) is 10.6. The summed E-state index contributed by atoms with van der Waals surface area (Å²) in [6.07, 6.45) is 10.2. The second kappa shape index (κ2) is 10.3. The zero-order valence-electron chi connectivity index (χ0n) is 8.61. The summed E-state index contributed by atoms with van der Waals surface area (Å²) in [5.41, 5.74) is 0. The minimum absolute atomic E-state index is 0.124. The lowest BCUT2D eigenvalue weighted by atomic mass is 10.1. The highest BCUT2D eigenvalue weighted by molar-refractivity contribution is 5.66. The van der Waals surface area contributed by atoms with E-state index in [9.17, 15) is 4.79 Å². The van der Waals surface area contributed by atoms with Gasteiger partial charge in [0, 0.05) is 6.42 Å². The first-order chi connectivity index (χ1) is 6.77. The minimum atomic E-state index is -0.698. The van der Waals surface area contributed by atoms with Crippen molar-refractivity contribution in [2.24, 2.45) is 0 Å². The number of carboxylic acids is 1. The predicted molar refractivity (Wildman–Crippen MR) is 56.2 cm³/mol.